The summed E-state index contributed by atoms with van der Waals surface area (Å²) in [6.45, 7) is 6.99. The monoisotopic (exact) mass is 412 g/mol. The zero-order valence-electron chi connectivity index (χ0n) is 17.6. The van der Waals surface area contributed by atoms with Crippen LogP contribution in [0.5, 0.6) is 0 Å². The van der Waals surface area contributed by atoms with Gasteiger partial charge in [0.25, 0.3) is 5.91 Å². The highest BCUT2D eigenvalue weighted by Gasteiger charge is 2.24. The molecule has 2 aromatic rings. The molecule has 1 atom stereocenters. The predicted octanol–water partition coefficient (Wildman–Crippen LogP) is 3.69. The summed E-state index contributed by atoms with van der Waals surface area (Å²) < 4.78 is 5.20. The second-order valence-corrected chi connectivity index (χ2v) is 7.59. The van der Waals surface area contributed by atoms with Crippen LogP contribution in [0, 0.1) is 0 Å². The van der Waals surface area contributed by atoms with Gasteiger partial charge in [0.05, 0.1) is 16.9 Å². The summed E-state index contributed by atoms with van der Waals surface area (Å²) in [4.78, 5) is 37.2. The number of nitrogens with one attached hydrogen (secondary N) is 4. The van der Waals surface area contributed by atoms with Crippen LogP contribution in [0.4, 0.5) is 16.2 Å². The van der Waals surface area contributed by atoms with Crippen molar-refractivity contribution >= 4 is 29.3 Å². The van der Waals surface area contributed by atoms with Crippen LogP contribution in [0.25, 0.3) is 0 Å². The van der Waals surface area contributed by atoms with E-state index < -0.39 is 29.6 Å². The normalized spacial score (nSPS) is 11.7. The third-order valence-corrected chi connectivity index (χ3v) is 3.94. The highest BCUT2D eigenvalue weighted by molar-refractivity contribution is 6.05. The molecule has 0 saturated heterocycles. The molecular weight excluding hydrogens is 384 g/mol. The molecule has 160 valence electrons. The lowest BCUT2D eigenvalue weighted by atomic mass is 10.1. The van der Waals surface area contributed by atoms with E-state index in [1.54, 1.807) is 52.0 Å². The Morgan fingerprint density at radius 1 is 0.967 bits per heavy atom. The zero-order chi connectivity index (χ0) is 22.1. The Labute approximate surface area is 176 Å². The number of hydrogen-bond acceptors (Lipinski definition) is 5. The standard InChI is InChI=1S/C22H28N4O4/c1-5-17(24-21(29)30-22(2,3)4)20(28)23-18-14-10-9-13-16(18)19(27)26-25-15-11-7-6-8-12-15/h6-14,17,25H,5H2,1-4H3,(H,23,28)(H,24,29)(H,26,27)/t17-/m0/s1. The van der Waals surface area contributed by atoms with Crippen molar-refractivity contribution in [1.29, 1.82) is 0 Å². The van der Waals surface area contributed by atoms with Crippen LogP contribution in [0.15, 0.2) is 54.6 Å². The minimum atomic E-state index is -0.807. The second kappa shape index (κ2) is 10.3. The lowest BCUT2D eigenvalue weighted by Gasteiger charge is -2.23. The number of amides is 3. The van der Waals surface area contributed by atoms with E-state index in [2.05, 4.69) is 21.5 Å². The van der Waals surface area contributed by atoms with Gasteiger partial charge in [0, 0.05) is 0 Å². The maximum absolute atomic E-state index is 12.7. The molecule has 0 aliphatic rings. The Morgan fingerprint density at radius 2 is 1.60 bits per heavy atom. The highest BCUT2D eigenvalue weighted by atomic mass is 16.6. The molecule has 8 nitrogen and oxygen atoms in total. The molecule has 4 N–H and O–H groups in total. The molecule has 3 amide bonds. The first kappa shape index (κ1) is 22.7. The maximum atomic E-state index is 12.7. The van der Waals surface area contributed by atoms with E-state index in [0.717, 1.165) is 5.69 Å². The first-order valence-corrected chi connectivity index (χ1v) is 9.70. The molecule has 0 bridgehead atoms. The summed E-state index contributed by atoms with van der Waals surface area (Å²) in [5, 5.41) is 5.26. The fourth-order valence-electron chi connectivity index (χ4n) is 2.53. The van der Waals surface area contributed by atoms with Crippen molar-refractivity contribution in [3.8, 4) is 0 Å². The molecule has 0 aliphatic carbocycles. The Bertz CT molecular complexity index is 878. The van der Waals surface area contributed by atoms with E-state index in [9.17, 15) is 14.4 Å². The highest BCUT2D eigenvalue weighted by Crippen LogP contribution is 2.16. The lowest BCUT2D eigenvalue weighted by Crippen LogP contribution is -2.45. The van der Waals surface area contributed by atoms with Gasteiger partial charge in [0.2, 0.25) is 5.91 Å². The van der Waals surface area contributed by atoms with Crippen molar-refractivity contribution in [3.05, 3.63) is 60.2 Å². The maximum Gasteiger partial charge on any atom is 0.408 e. The molecule has 0 aromatic heterocycles. The Morgan fingerprint density at radius 3 is 2.23 bits per heavy atom. The number of para-hydroxylation sites is 2. The summed E-state index contributed by atoms with van der Waals surface area (Å²) in [7, 11) is 0. The molecule has 0 heterocycles. The minimum Gasteiger partial charge on any atom is -0.444 e. The van der Waals surface area contributed by atoms with E-state index >= 15 is 0 Å². The smallest absolute Gasteiger partial charge is 0.408 e. The van der Waals surface area contributed by atoms with Gasteiger partial charge in [-0.15, -0.1) is 0 Å². The van der Waals surface area contributed by atoms with Gasteiger partial charge in [-0.05, 0) is 51.5 Å². The third kappa shape index (κ3) is 7.12. The van der Waals surface area contributed by atoms with E-state index in [0.29, 0.717) is 12.1 Å². The van der Waals surface area contributed by atoms with Gasteiger partial charge >= 0.3 is 6.09 Å². The molecule has 30 heavy (non-hydrogen) atoms. The summed E-state index contributed by atoms with van der Waals surface area (Å²) in [6.07, 6.45) is -0.322. The molecule has 2 aromatic carbocycles. The van der Waals surface area contributed by atoms with E-state index in [1.807, 2.05) is 30.3 Å². The number of carbonyl (C=O) groups excluding carboxylic acids is 3. The van der Waals surface area contributed by atoms with Gasteiger partial charge in [0.15, 0.2) is 0 Å². The number of ether oxygens (including phenoxy) is 1. The van der Waals surface area contributed by atoms with Crippen molar-refractivity contribution in [2.45, 2.75) is 45.8 Å². The molecule has 0 radical (unpaired) electrons. The largest absolute Gasteiger partial charge is 0.444 e. The molecule has 2 rings (SSSR count). The van der Waals surface area contributed by atoms with E-state index in [-0.39, 0.29) is 5.56 Å². The van der Waals surface area contributed by atoms with Crippen LogP contribution in [0.2, 0.25) is 0 Å². The predicted molar refractivity (Wildman–Crippen MR) is 116 cm³/mol. The van der Waals surface area contributed by atoms with Crippen LogP contribution in [0.3, 0.4) is 0 Å². The molecule has 0 aliphatic heterocycles. The van der Waals surface area contributed by atoms with E-state index in [4.69, 9.17) is 4.74 Å². The van der Waals surface area contributed by atoms with Crippen molar-refractivity contribution in [1.82, 2.24) is 10.7 Å². The molecule has 0 unspecified atom stereocenters. The summed E-state index contributed by atoms with van der Waals surface area (Å²) in [6, 6.07) is 15.0. The summed E-state index contributed by atoms with van der Waals surface area (Å²) in [5.74, 6) is -0.859. The first-order chi connectivity index (χ1) is 14.2. The topological polar surface area (TPSA) is 109 Å². The van der Waals surface area contributed by atoms with Gasteiger partial charge in [-0.1, -0.05) is 37.3 Å². The van der Waals surface area contributed by atoms with Crippen molar-refractivity contribution in [3.63, 3.8) is 0 Å². The number of anilines is 2. The first-order valence-electron chi connectivity index (χ1n) is 9.70. The van der Waals surface area contributed by atoms with Crippen molar-refractivity contribution < 1.29 is 19.1 Å². The van der Waals surface area contributed by atoms with Crippen LogP contribution >= 0.6 is 0 Å². The quantitative estimate of drug-likeness (QED) is 0.519. The molecule has 0 spiro atoms. The zero-order valence-corrected chi connectivity index (χ0v) is 17.6. The molecule has 0 fully saturated rings. The fourth-order valence-corrected chi connectivity index (χ4v) is 2.53. The van der Waals surface area contributed by atoms with Gasteiger partial charge in [-0.3, -0.25) is 20.4 Å². The SMILES string of the molecule is CC[C@H](NC(=O)OC(C)(C)C)C(=O)Nc1ccccc1C(=O)NNc1ccccc1. The number of alkyl carbamates (subject to hydrolysis) is 1. The van der Waals surface area contributed by atoms with Crippen LogP contribution < -0.4 is 21.5 Å². The molecular formula is C22H28N4O4. The fraction of sp³-hybridized carbons (Fsp3) is 0.318. The summed E-state index contributed by atoms with van der Waals surface area (Å²) >= 11 is 0. The number of hydrazine groups is 1. The molecule has 0 saturated carbocycles. The number of hydrogen-bond donors (Lipinski definition) is 4. The number of rotatable bonds is 7. The van der Waals surface area contributed by atoms with Crippen molar-refractivity contribution in [2.75, 3.05) is 10.7 Å². The average Bonchev–Trinajstić information content (AvgIpc) is 2.70. The van der Waals surface area contributed by atoms with Gasteiger partial charge in [-0.2, -0.15) is 0 Å². The van der Waals surface area contributed by atoms with Crippen LogP contribution in [0.1, 0.15) is 44.5 Å². The van der Waals surface area contributed by atoms with Gasteiger partial charge < -0.3 is 15.4 Å². The lowest BCUT2D eigenvalue weighted by molar-refractivity contribution is -0.118. The molecule has 8 heteroatoms. The number of benzene rings is 2. The van der Waals surface area contributed by atoms with Crippen molar-refractivity contribution in [2.24, 2.45) is 0 Å². The Hall–Kier alpha value is -3.55. The van der Waals surface area contributed by atoms with Gasteiger partial charge in [0.1, 0.15) is 11.6 Å². The van der Waals surface area contributed by atoms with E-state index in [1.165, 1.54) is 0 Å². The third-order valence-electron chi connectivity index (χ3n) is 3.94. The second-order valence-electron chi connectivity index (χ2n) is 7.59. The van der Waals surface area contributed by atoms with Crippen LogP contribution in [-0.2, 0) is 9.53 Å². The van der Waals surface area contributed by atoms with Gasteiger partial charge in [-0.25, -0.2) is 4.79 Å². The summed E-state index contributed by atoms with van der Waals surface area (Å²) in [5.41, 5.74) is 6.08. The average molecular weight is 412 g/mol. The Kier molecular flexibility index (Phi) is 7.80. The minimum absolute atomic E-state index is 0.279. The Balaban J connectivity index is 2.04. The number of carbonyl (C=O) groups is 3. The van der Waals surface area contributed by atoms with Crippen LogP contribution in [-0.4, -0.2) is 29.6 Å².